The highest BCUT2D eigenvalue weighted by Gasteiger charge is 2.16. The molecule has 1 aliphatic rings. The summed E-state index contributed by atoms with van der Waals surface area (Å²) >= 11 is 0. The van der Waals surface area contributed by atoms with Crippen LogP contribution >= 0.6 is 0 Å². The van der Waals surface area contributed by atoms with Gasteiger partial charge in [0.25, 0.3) is 5.91 Å². The lowest BCUT2D eigenvalue weighted by molar-refractivity contribution is 0.0784. The average Bonchev–Trinajstić information content (AvgIpc) is 2.74. The molecule has 0 unspecified atom stereocenters. The maximum Gasteiger partial charge on any atom is 0.254 e. The monoisotopic (exact) mass is 384 g/mol. The number of benzene rings is 2. The first-order valence-corrected chi connectivity index (χ1v) is 9.60. The zero-order valence-corrected chi connectivity index (χ0v) is 16.8. The minimum atomic E-state index is -0.0548. The summed E-state index contributed by atoms with van der Waals surface area (Å²) in [7, 11) is 3.40. The van der Waals surface area contributed by atoms with Crippen molar-refractivity contribution in [3.63, 3.8) is 0 Å². The molecular formula is C22H28N2O4. The number of hydrogen-bond acceptors (Lipinski definition) is 5. The van der Waals surface area contributed by atoms with Crippen LogP contribution in [0, 0.1) is 0 Å². The van der Waals surface area contributed by atoms with Gasteiger partial charge in [0.15, 0.2) is 11.5 Å². The van der Waals surface area contributed by atoms with Crippen molar-refractivity contribution in [1.82, 2.24) is 4.90 Å². The molecule has 6 nitrogen and oxygen atoms in total. The first-order valence-electron chi connectivity index (χ1n) is 9.60. The van der Waals surface area contributed by atoms with Crippen LogP contribution in [0.4, 0.5) is 5.69 Å². The molecule has 1 amide bonds. The molecule has 0 aliphatic carbocycles. The molecule has 1 aliphatic heterocycles. The summed E-state index contributed by atoms with van der Waals surface area (Å²) in [6, 6.07) is 13.6. The fourth-order valence-electron chi connectivity index (χ4n) is 3.28. The lowest BCUT2D eigenvalue weighted by atomic mass is 10.1. The van der Waals surface area contributed by atoms with Crippen molar-refractivity contribution in [2.45, 2.75) is 13.5 Å². The summed E-state index contributed by atoms with van der Waals surface area (Å²) in [5, 5.41) is 0. The Bertz CT molecular complexity index is 786. The van der Waals surface area contributed by atoms with E-state index in [4.69, 9.17) is 14.2 Å². The van der Waals surface area contributed by atoms with Crippen LogP contribution in [0.1, 0.15) is 22.8 Å². The molecule has 1 fully saturated rings. The van der Waals surface area contributed by atoms with E-state index in [0.29, 0.717) is 30.2 Å². The van der Waals surface area contributed by atoms with E-state index in [2.05, 4.69) is 29.2 Å². The second kappa shape index (κ2) is 9.46. The van der Waals surface area contributed by atoms with E-state index in [1.165, 1.54) is 5.69 Å². The van der Waals surface area contributed by atoms with Crippen molar-refractivity contribution in [2.24, 2.45) is 0 Å². The van der Waals surface area contributed by atoms with E-state index in [1.807, 2.05) is 14.0 Å². The topological polar surface area (TPSA) is 51.2 Å². The first-order chi connectivity index (χ1) is 13.6. The Morgan fingerprint density at radius 3 is 2.46 bits per heavy atom. The fraction of sp³-hybridized carbons (Fsp3) is 0.409. The van der Waals surface area contributed by atoms with Gasteiger partial charge < -0.3 is 24.0 Å². The maximum absolute atomic E-state index is 12.8. The Hall–Kier alpha value is -2.73. The third-order valence-corrected chi connectivity index (χ3v) is 4.79. The van der Waals surface area contributed by atoms with Crippen molar-refractivity contribution in [1.29, 1.82) is 0 Å². The van der Waals surface area contributed by atoms with Gasteiger partial charge >= 0.3 is 0 Å². The van der Waals surface area contributed by atoms with E-state index >= 15 is 0 Å². The second-order valence-electron chi connectivity index (χ2n) is 6.73. The molecule has 0 spiro atoms. The third-order valence-electron chi connectivity index (χ3n) is 4.79. The van der Waals surface area contributed by atoms with Crippen molar-refractivity contribution < 1.29 is 19.0 Å². The summed E-state index contributed by atoms with van der Waals surface area (Å²) in [4.78, 5) is 16.9. The predicted octanol–water partition coefficient (Wildman–Crippen LogP) is 3.20. The highest BCUT2D eigenvalue weighted by atomic mass is 16.5. The third kappa shape index (κ3) is 4.75. The van der Waals surface area contributed by atoms with E-state index in [0.717, 1.165) is 31.9 Å². The van der Waals surface area contributed by atoms with Gasteiger partial charge in [-0.1, -0.05) is 12.1 Å². The van der Waals surface area contributed by atoms with Gasteiger partial charge in [0, 0.05) is 37.9 Å². The minimum absolute atomic E-state index is 0.0548. The Balaban J connectivity index is 1.66. The number of nitrogens with zero attached hydrogens (tertiary/aromatic N) is 2. The SMILES string of the molecule is CCOc1cc(C(=O)N(C)Cc2ccc(N3CCOCC3)cc2)ccc1OC. The van der Waals surface area contributed by atoms with Gasteiger partial charge in [-0.15, -0.1) is 0 Å². The standard InChI is InChI=1S/C22H28N2O4/c1-4-28-21-15-18(7-10-20(21)26-3)22(25)23(2)16-17-5-8-19(9-6-17)24-11-13-27-14-12-24/h5-10,15H,4,11-14,16H2,1-3H3. The first kappa shape index (κ1) is 20.0. The van der Waals surface area contributed by atoms with Crippen LogP contribution in [0.3, 0.4) is 0 Å². The van der Waals surface area contributed by atoms with Crippen LogP contribution in [-0.2, 0) is 11.3 Å². The summed E-state index contributed by atoms with van der Waals surface area (Å²) in [6.45, 7) is 6.32. The summed E-state index contributed by atoms with van der Waals surface area (Å²) in [5.74, 6) is 1.15. The van der Waals surface area contributed by atoms with Gasteiger partial charge in [-0.05, 0) is 42.8 Å². The number of carbonyl (C=O) groups is 1. The molecule has 3 rings (SSSR count). The Morgan fingerprint density at radius 2 is 1.82 bits per heavy atom. The minimum Gasteiger partial charge on any atom is -0.493 e. The predicted molar refractivity (Wildman–Crippen MR) is 109 cm³/mol. The molecule has 0 bridgehead atoms. The summed E-state index contributed by atoms with van der Waals surface area (Å²) in [5.41, 5.74) is 2.86. The highest BCUT2D eigenvalue weighted by molar-refractivity contribution is 5.94. The van der Waals surface area contributed by atoms with Crippen molar-refractivity contribution >= 4 is 11.6 Å². The molecule has 0 aromatic heterocycles. The molecule has 2 aromatic rings. The number of methoxy groups -OCH3 is 1. The molecule has 0 radical (unpaired) electrons. The fourth-order valence-corrected chi connectivity index (χ4v) is 3.28. The summed E-state index contributed by atoms with van der Waals surface area (Å²) < 4.78 is 16.3. The number of rotatable bonds is 7. The lowest BCUT2D eigenvalue weighted by Gasteiger charge is -2.29. The van der Waals surface area contributed by atoms with Gasteiger partial charge in [0.2, 0.25) is 0 Å². The summed E-state index contributed by atoms with van der Waals surface area (Å²) in [6.07, 6.45) is 0. The largest absolute Gasteiger partial charge is 0.493 e. The number of ether oxygens (including phenoxy) is 3. The molecule has 1 heterocycles. The molecule has 28 heavy (non-hydrogen) atoms. The average molecular weight is 384 g/mol. The Kier molecular flexibility index (Phi) is 6.76. The molecule has 1 saturated heterocycles. The number of hydrogen-bond donors (Lipinski definition) is 0. The molecular weight excluding hydrogens is 356 g/mol. The molecule has 2 aromatic carbocycles. The van der Waals surface area contributed by atoms with Crippen LogP contribution in [0.2, 0.25) is 0 Å². The van der Waals surface area contributed by atoms with E-state index < -0.39 is 0 Å². The van der Waals surface area contributed by atoms with E-state index in [1.54, 1.807) is 30.2 Å². The van der Waals surface area contributed by atoms with Crippen molar-refractivity contribution in [3.05, 3.63) is 53.6 Å². The molecule has 6 heteroatoms. The zero-order valence-electron chi connectivity index (χ0n) is 16.8. The molecule has 0 N–H and O–H groups in total. The number of morpholine rings is 1. The smallest absolute Gasteiger partial charge is 0.254 e. The van der Waals surface area contributed by atoms with E-state index in [-0.39, 0.29) is 5.91 Å². The van der Waals surface area contributed by atoms with Gasteiger partial charge in [-0.2, -0.15) is 0 Å². The highest BCUT2D eigenvalue weighted by Crippen LogP contribution is 2.28. The van der Waals surface area contributed by atoms with Gasteiger partial charge in [-0.3, -0.25) is 4.79 Å². The zero-order chi connectivity index (χ0) is 19.9. The number of amides is 1. The number of anilines is 1. The van der Waals surface area contributed by atoms with Crippen LogP contribution < -0.4 is 14.4 Å². The van der Waals surface area contributed by atoms with Crippen LogP contribution in [-0.4, -0.2) is 57.9 Å². The van der Waals surface area contributed by atoms with Crippen molar-refractivity contribution in [2.75, 3.05) is 52.0 Å². The molecule has 0 saturated carbocycles. The maximum atomic E-state index is 12.8. The molecule has 0 atom stereocenters. The Morgan fingerprint density at radius 1 is 1.11 bits per heavy atom. The van der Waals surface area contributed by atoms with Crippen molar-refractivity contribution in [3.8, 4) is 11.5 Å². The lowest BCUT2D eigenvalue weighted by Crippen LogP contribution is -2.36. The molecule has 150 valence electrons. The quantitative estimate of drug-likeness (QED) is 0.734. The van der Waals surface area contributed by atoms with Crippen LogP contribution in [0.25, 0.3) is 0 Å². The Labute approximate surface area is 166 Å². The second-order valence-corrected chi connectivity index (χ2v) is 6.73. The van der Waals surface area contributed by atoms with Crippen LogP contribution in [0.5, 0.6) is 11.5 Å². The van der Waals surface area contributed by atoms with Gasteiger partial charge in [-0.25, -0.2) is 0 Å². The van der Waals surface area contributed by atoms with E-state index in [9.17, 15) is 4.79 Å². The number of carbonyl (C=O) groups excluding carboxylic acids is 1. The van der Waals surface area contributed by atoms with Gasteiger partial charge in [0.1, 0.15) is 0 Å². The van der Waals surface area contributed by atoms with Crippen LogP contribution in [0.15, 0.2) is 42.5 Å². The van der Waals surface area contributed by atoms with Gasteiger partial charge in [0.05, 0.1) is 26.9 Å². The normalized spacial score (nSPS) is 13.9.